The van der Waals surface area contributed by atoms with Crippen molar-refractivity contribution in [3.05, 3.63) is 54.0 Å². The summed E-state index contributed by atoms with van der Waals surface area (Å²) in [6.45, 7) is 1.45. The summed E-state index contributed by atoms with van der Waals surface area (Å²) in [4.78, 5) is 17.2. The molecule has 3 rings (SSSR count). The summed E-state index contributed by atoms with van der Waals surface area (Å²) in [6, 6.07) is 7.86. The van der Waals surface area contributed by atoms with E-state index in [2.05, 4.69) is 20.9 Å². The molecule has 0 atom stereocenters. The van der Waals surface area contributed by atoms with Crippen LogP contribution in [0.25, 0.3) is 6.08 Å². The van der Waals surface area contributed by atoms with Crippen LogP contribution in [0.4, 0.5) is 0 Å². The highest BCUT2D eigenvalue weighted by molar-refractivity contribution is 9.10. The Morgan fingerprint density at radius 1 is 1.41 bits per heavy atom. The lowest BCUT2D eigenvalue weighted by Crippen LogP contribution is -2.29. The van der Waals surface area contributed by atoms with Crippen molar-refractivity contribution in [1.82, 2.24) is 4.57 Å². The highest BCUT2D eigenvalue weighted by atomic mass is 79.9. The van der Waals surface area contributed by atoms with Crippen molar-refractivity contribution in [1.29, 1.82) is 0 Å². The minimum Gasteiger partial charge on any atom is -0.282 e. The topological polar surface area (TPSA) is 34.4 Å². The van der Waals surface area contributed by atoms with E-state index in [1.807, 2.05) is 30.3 Å². The van der Waals surface area contributed by atoms with Gasteiger partial charge >= 0.3 is 0 Å². The lowest BCUT2D eigenvalue weighted by Gasteiger charge is -1.94. The van der Waals surface area contributed by atoms with Crippen LogP contribution in [-0.4, -0.2) is 11.1 Å². The third-order valence-corrected chi connectivity index (χ3v) is 4.42. The quantitative estimate of drug-likeness (QED) is 0.778. The Morgan fingerprint density at radius 2 is 2.24 bits per heavy atom. The Labute approximate surface area is 110 Å². The number of benzene rings is 1. The molecule has 0 saturated heterocycles. The second-order valence-corrected chi connectivity index (χ2v) is 5.62. The molecule has 2 aromatic rings. The zero-order valence-corrected chi connectivity index (χ0v) is 11.3. The van der Waals surface area contributed by atoms with Gasteiger partial charge in [-0.15, -0.1) is 0 Å². The van der Waals surface area contributed by atoms with E-state index < -0.39 is 0 Å². The zero-order valence-electron chi connectivity index (χ0n) is 8.89. The van der Waals surface area contributed by atoms with Crippen LogP contribution in [0.15, 0.2) is 38.5 Å². The lowest BCUT2D eigenvalue weighted by molar-refractivity contribution is 0.740. The lowest BCUT2D eigenvalue weighted by atomic mass is 10.2. The molecule has 0 saturated carbocycles. The van der Waals surface area contributed by atoms with Crippen molar-refractivity contribution >= 4 is 33.3 Å². The third-order valence-electron chi connectivity index (χ3n) is 2.65. The summed E-state index contributed by atoms with van der Waals surface area (Å²) < 4.78 is 3.48. The van der Waals surface area contributed by atoms with Gasteiger partial charge in [0, 0.05) is 11.0 Å². The molecular weight excluding hydrogens is 300 g/mol. The molecule has 3 nitrogen and oxygen atoms in total. The van der Waals surface area contributed by atoms with Crippen LogP contribution in [0.2, 0.25) is 0 Å². The monoisotopic (exact) mass is 308 g/mol. The smallest absolute Gasteiger partial charge is 0.270 e. The Bertz CT molecular complexity index is 745. The Balaban J connectivity index is 2.24. The summed E-state index contributed by atoms with van der Waals surface area (Å²) in [6.07, 6.45) is 1.91. The fourth-order valence-electron chi connectivity index (χ4n) is 1.80. The maximum Gasteiger partial charge on any atom is 0.270 e. The van der Waals surface area contributed by atoms with Gasteiger partial charge in [-0.25, -0.2) is 0 Å². The molecule has 0 bridgehead atoms. The maximum atomic E-state index is 12.0. The van der Waals surface area contributed by atoms with Crippen molar-refractivity contribution in [3.63, 3.8) is 0 Å². The van der Waals surface area contributed by atoms with Crippen LogP contribution in [0, 0.1) is 0 Å². The third kappa shape index (κ3) is 1.89. The molecule has 0 N–H and O–H groups in total. The molecule has 1 aromatic carbocycles. The first kappa shape index (κ1) is 10.9. The summed E-state index contributed by atoms with van der Waals surface area (Å²) in [5, 5.41) is 0. The van der Waals surface area contributed by atoms with Gasteiger partial charge < -0.3 is 0 Å². The van der Waals surface area contributed by atoms with Gasteiger partial charge in [0.1, 0.15) is 0 Å². The first-order valence-electron chi connectivity index (χ1n) is 5.26. The number of hydrogen-bond acceptors (Lipinski definition) is 3. The molecule has 2 heterocycles. The molecule has 0 unspecified atom stereocenters. The minimum absolute atomic E-state index is 0.0713. The van der Waals surface area contributed by atoms with Crippen LogP contribution >= 0.6 is 27.3 Å². The first-order chi connectivity index (χ1) is 8.25. The number of aromatic nitrogens is 1. The van der Waals surface area contributed by atoms with E-state index in [-0.39, 0.29) is 5.56 Å². The predicted octanol–water partition coefficient (Wildman–Crippen LogP) is 1.13. The number of thiazole rings is 1. The molecule has 0 fully saturated rings. The van der Waals surface area contributed by atoms with E-state index in [0.717, 1.165) is 25.9 Å². The van der Waals surface area contributed by atoms with E-state index in [9.17, 15) is 4.79 Å². The molecule has 0 aliphatic carbocycles. The van der Waals surface area contributed by atoms with Crippen LogP contribution in [0.1, 0.15) is 5.56 Å². The zero-order chi connectivity index (χ0) is 11.8. The first-order valence-corrected chi connectivity index (χ1v) is 6.87. The van der Waals surface area contributed by atoms with Gasteiger partial charge in [0.05, 0.1) is 11.1 Å². The largest absolute Gasteiger partial charge is 0.282 e. The van der Waals surface area contributed by atoms with Crippen molar-refractivity contribution in [2.75, 3.05) is 6.54 Å². The van der Waals surface area contributed by atoms with Crippen LogP contribution in [0.3, 0.4) is 0 Å². The van der Waals surface area contributed by atoms with Crippen LogP contribution in [0.5, 0.6) is 0 Å². The Kier molecular flexibility index (Phi) is 2.72. The number of halogens is 1. The van der Waals surface area contributed by atoms with E-state index in [1.165, 1.54) is 11.3 Å². The summed E-state index contributed by atoms with van der Waals surface area (Å²) >= 11 is 4.94. The molecule has 1 aromatic heterocycles. The summed E-state index contributed by atoms with van der Waals surface area (Å²) in [7, 11) is 0. The number of fused-ring (bicyclic) bond motifs is 1. The standard InChI is InChI=1S/C12H9BrN2OS/c13-9-4-2-1-3-8(9)7-10-11(16)15-6-5-14-12(15)17-10/h1-4,7H,5-6H2/b10-7+. The predicted molar refractivity (Wildman–Crippen MR) is 71.9 cm³/mol. The van der Waals surface area contributed by atoms with E-state index in [4.69, 9.17) is 0 Å². The SMILES string of the molecule is O=c1/c(=C\c2ccccc2Br)sc2n1CCN=2. The molecule has 1 aliphatic rings. The van der Waals surface area contributed by atoms with Gasteiger partial charge in [0.2, 0.25) is 0 Å². The summed E-state index contributed by atoms with van der Waals surface area (Å²) in [5.41, 5.74) is 1.09. The second kappa shape index (κ2) is 4.23. The van der Waals surface area contributed by atoms with Crippen molar-refractivity contribution in [2.45, 2.75) is 6.54 Å². The maximum absolute atomic E-state index is 12.0. The molecule has 86 valence electrons. The molecule has 0 amide bonds. The van der Waals surface area contributed by atoms with Gasteiger partial charge in [-0.2, -0.15) is 0 Å². The number of rotatable bonds is 1. The van der Waals surface area contributed by atoms with Crippen LogP contribution < -0.4 is 14.9 Å². The highest BCUT2D eigenvalue weighted by Crippen LogP contribution is 2.15. The van der Waals surface area contributed by atoms with Gasteiger partial charge in [0.15, 0.2) is 4.80 Å². The van der Waals surface area contributed by atoms with Crippen molar-refractivity contribution < 1.29 is 0 Å². The summed E-state index contributed by atoms with van der Waals surface area (Å²) in [5.74, 6) is 0. The van der Waals surface area contributed by atoms with Crippen LogP contribution in [-0.2, 0) is 6.54 Å². The highest BCUT2D eigenvalue weighted by Gasteiger charge is 2.09. The number of nitrogens with zero attached hydrogens (tertiary/aromatic N) is 2. The van der Waals surface area contributed by atoms with E-state index >= 15 is 0 Å². The second-order valence-electron chi connectivity index (χ2n) is 3.75. The fourth-order valence-corrected chi connectivity index (χ4v) is 3.22. The molecule has 0 spiro atoms. The van der Waals surface area contributed by atoms with E-state index in [0.29, 0.717) is 6.54 Å². The van der Waals surface area contributed by atoms with Crippen molar-refractivity contribution in [2.24, 2.45) is 4.99 Å². The van der Waals surface area contributed by atoms with Crippen molar-refractivity contribution in [3.8, 4) is 0 Å². The molecule has 0 radical (unpaired) electrons. The number of hydrogen-bond donors (Lipinski definition) is 0. The fraction of sp³-hybridized carbons (Fsp3) is 0.167. The average molecular weight is 309 g/mol. The molecule has 1 aliphatic heterocycles. The van der Waals surface area contributed by atoms with Gasteiger partial charge in [-0.1, -0.05) is 45.5 Å². The Hall–Kier alpha value is -1.20. The molecular formula is C12H9BrN2OS. The average Bonchev–Trinajstić information content (AvgIpc) is 2.87. The van der Waals surface area contributed by atoms with E-state index in [1.54, 1.807) is 4.57 Å². The minimum atomic E-state index is 0.0713. The van der Waals surface area contributed by atoms with Gasteiger partial charge in [-0.3, -0.25) is 14.4 Å². The molecule has 17 heavy (non-hydrogen) atoms. The Morgan fingerprint density at radius 3 is 3.00 bits per heavy atom. The van der Waals surface area contributed by atoms with Gasteiger partial charge in [0.25, 0.3) is 5.56 Å². The van der Waals surface area contributed by atoms with Gasteiger partial charge in [-0.05, 0) is 17.7 Å². The molecule has 5 heteroatoms. The normalized spacial score (nSPS) is 14.8.